The van der Waals surface area contributed by atoms with Crippen LogP contribution in [0.15, 0.2) is 24.4 Å². The summed E-state index contributed by atoms with van der Waals surface area (Å²) < 4.78 is 13.3. The number of nitrogens with zero attached hydrogens (tertiary/aromatic N) is 2. The van der Waals surface area contributed by atoms with Crippen LogP contribution in [0, 0.1) is 0 Å². The quantitative estimate of drug-likeness (QED) is 0.863. The van der Waals surface area contributed by atoms with Crippen LogP contribution >= 0.6 is 0 Å². The number of benzene rings is 1. The molecule has 1 N–H and O–H groups in total. The van der Waals surface area contributed by atoms with E-state index in [0.717, 1.165) is 48.7 Å². The second kappa shape index (κ2) is 6.83. The molecule has 2 heterocycles. The van der Waals surface area contributed by atoms with Crippen molar-refractivity contribution in [1.82, 2.24) is 15.1 Å². The Morgan fingerprint density at radius 1 is 1.23 bits per heavy atom. The fraction of sp³-hybridized carbons (Fsp3) is 0.471. The number of fused-ring (bicyclic) bond motifs is 1. The van der Waals surface area contributed by atoms with Crippen LogP contribution in [0.2, 0.25) is 0 Å². The molecule has 0 radical (unpaired) electrons. The van der Waals surface area contributed by atoms with Crippen LogP contribution in [0.25, 0.3) is 11.3 Å². The van der Waals surface area contributed by atoms with E-state index in [2.05, 4.69) is 29.6 Å². The molecule has 1 aliphatic heterocycles. The summed E-state index contributed by atoms with van der Waals surface area (Å²) in [6, 6.07) is 6.07. The van der Waals surface area contributed by atoms with Crippen LogP contribution in [0.1, 0.15) is 25.3 Å². The van der Waals surface area contributed by atoms with E-state index in [1.54, 1.807) is 0 Å². The Kier molecular flexibility index (Phi) is 4.63. The molecule has 5 heteroatoms. The first kappa shape index (κ1) is 14.9. The van der Waals surface area contributed by atoms with Crippen LogP contribution in [0.3, 0.4) is 0 Å². The molecular weight excluding hydrogens is 278 g/mol. The standard InChI is InChI=1S/C17H23N3O2/c1-3-7-18-11-14-12-20(2)19-17(14)13-5-6-15-16(10-13)22-9-4-8-21-15/h5-6,10,12,18H,3-4,7-9,11H2,1-2H3. The Morgan fingerprint density at radius 2 is 2.05 bits per heavy atom. The molecule has 2 aromatic rings. The zero-order valence-electron chi connectivity index (χ0n) is 13.3. The van der Waals surface area contributed by atoms with Crippen molar-refractivity contribution in [1.29, 1.82) is 0 Å². The average molecular weight is 301 g/mol. The third kappa shape index (κ3) is 3.25. The molecule has 5 nitrogen and oxygen atoms in total. The second-order valence-electron chi connectivity index (χ2n) is 5.57. The third-order valence-electron chi connectivity index (χ3n) is 3.67. The van der Waals surface area contributed by atoms with Gasteiger partial charge >= 0.3 is 0 Å². The van der Waals surface area contributed by atoms with E-state index in [-0.39, 0.29) is 0 Å². The zero-order chi connectivity index (χ0) is 15.4. The van der Waals surface area contributed by atoms with Gasteiger partial charge in [0, 0.05) is 37.3 Å². The predicted molar refractivity (Wildman–Crippen MR) is 86.2 cm³/mol. The number of hydrogen-bond donors (Lipinski definition) is 1. The molecule has 0 saturated carbocycles. The summed E-state index contributed by atoms with van der Waals surface area (Å²) in [6.07, 6.45) is 4.11. The molecule has 3 rings (SSSR count). The predicted octanol–water partition coefficient (Wildman–Crippen LogP) is 2.75. The Morgan fingerprint density at radius 3 is 2.86 bits per heavy atom. The van der Waals surface area contributed by atoms with Crippen molar-refractivity contribution < 1.29 is 9.47 Å². The first-order chi connectivity index (χ1) is 10.8. The van der Waals surface area contributed by atoms with Crippen LogP contribution < -0.4 is 14.8 Å². The maximum absolute atomic E-state index is 5.78. The van der Waals surface area contributed by atoms with Gasteiger partial charge in [0.2, 0.25) is 0 Å². The Bertz CT molecular complexity index is 637. The van der Waals surface area contributed by atoms with Crippen molar-refractivity contribution in [2.45, 2.75) is 26.3 Å². The normalized spacial score (nSPS) is 13.9. The molecule has 1 aromatic carbocycles. The molecular formula is C17H23N3O2. The number of ether oxygens (including phenoxy) is 2. The lowest BCUT2D eigenvalue weighted by Gasteiger charge is -2.09. The highest BCUT2D eigenvalue weighted by Crippen LogP contribution is 2.34. The molecule has 0 spiro atoms. The summed E-state index contributed by atoms with van der Waals surface area (Å²) in [7, 11) is 1.95. The van der Waals surface area contributed by atoms with Crippen molar-refractivity contribution in [3.8, 4) is 22.8 Å². The summed E-state index contributed by atoms with van der Waals surface area (Å²) >= 11 is 0. The molecule has 1 aromatic heterocycles. The maximum Gasteiger partial charge on any atom is 0.161 e. The molecule has 1 aliphatic rings. The van der Waals surface area contributed by atoms with Crippen molar-refractivity contribution in [3.05, 3.63) is 30.0 Å². The number of aromatic nitrogens is 2. The third-order valence-corrected chi connectivity index (χ3v) is 3.67. The number of nitrogens with one attached hydrogen (secondary N) is 1. The van der Waals surface area contributed by atoms with E-state index >= 15 is 0 Å². The van der Waals surface area contributed by atoms with Gasteiger partial charge in [0.05, 0.1) is 18.9 Å². The average Bonchev–Trinajstić information content (AvgIpc) is 2.74. The number of hydrogen-bond acceptors (Lipinski definition) is 4. The minimum Gasteiger partial charge on any atom is -0.490 e. The van der Waals surface area contributed by atoms with E-state index in [1.807, 2.05) is 23.9 Å². The van der Waals surface area contributed by atoms with Gasteiger partial charge in [0.15, 0.2) is 11.5 Å². The lowest BCUT2D eigenvalue weighted by Crippen LogP contribution is -2.13. The van der Waals surface area contributed by atoms with E-state index in [0.29, 0.717) is 13.2 Å². The number of aryl methyl sites for hydroxylation is 1. The molecule has 0 unspecified atom stereocenters. The highest BCUT2D eigenvalue weighted by molar-refractivity contribution is 5.66. The summed E-state index contributed by atoms with van der Waals surface area (Å²) in [5.74, 6) is 1.64. The first-order valence-corrected chi connectivity index (χ1v) is 7.91. The molecule has 0 fully saturated rings. The van der Waals surface area contributed by atoms with Gasteiger partial charge in [-0.05, 0) is 31.2 Å². The summed E-state index contributed by atoms with van der Waals surface area (Å²) in [5.41, 5.74) is 3.27. The van der Waals surface area contributed by atoms with Crippen LogP contribution in [0.4, 0.5) is 0 Å². The Balaban J connectivity index is 1.88. The van der Waals surface area contributed by atoms with E-state index in [4.69, 9.17) is 9.47 Å². The Hall–Kier alpha value is -2.01. The summed E-state index contributed by atoms with van der Waals surface area (Å²) in [5, 5.41) is 8.05. The molecule has 22 heavy (non-hydrogen) atoms. The lowest BCUT2D eigenvalue weighted by molar-refractivity contribution is 0.297. The second-order valence-corrected chi connectivity index (χ2v) is 5.57. The topological polar surface area (TPSA) is 48.3 Å². The molecule has 118 valence electrons. The molecule has 0 bridgehead atoms. The monoisotopic (exact) mass is 301 g/mol. The van der Waals surface area contributed by atoms with Crippen molar-refractivity contribution in [2.24, 2.45) is 7.05 Å². The zero-order valence-corrected chi connectivity index (χ0v) is 13.3. The fourth-order valence-electron chi connectivity index (χ4n) is 2.62. The number of rotatable bonds is 5. The van der Waals surface area contributed by atoms with Gasteiger partial charge in [0.1, 0.15) is 0 Å². The molecule has 0 saturated heterocycles. The van der Waals surface area contributed by atoms with E-state index < -0.39 is 0 Å². The van der Waals surface area contributed by atoms with Gasteiger partial charge in [-0.3, -0.25) is 4.68 Å². The van der Waals surface area contributed by atoms with Crippen molar-refractivity contribution in [2.75, 3.05) is 19.8 Å². The fourth-order valence-corrected chi connectivity index (χ4v) is 2.62. The van der Waals surface area contributed by atoms with Gasteiger partial charge < -0.3 is 14.8 Å². The highest BCUT2D eigenvalue weighted by Gasteiger charge is 2.15. The molecule has 0 atom stereocenters. The maximum atomic E-state index is 5.78. The van der Waals surface area contributed by atoms with Crippen LogP contribution in [-0.4, -0.2) is 29.5 Å². The van der Waals surface area contributed by atoms with Crippen molar-refractivity contribution in [3.63, 3.8) is 0 Å². The molecule has 0 aliphatic carbocycles. The minimum atomic E-state index is 0.698. The van der Waals surface area contributed by atoms with Gasteiger partial charge in [-0.25, -0.2) is 0 Å². The lowest BCUT2D eigenvalue weighted by atomic mass is 10.1. The van der Waals surface area contributed by atoms with Gasteiger partial charge in [-0.15, -0.1) is 0 Å². The first-order valence-electron chi connectivity index (χ1n) is 7.91. The summed E-state index contributed by atoms with van der Waals surface area (Å²) in [4.78, 5) is 0. The van der Waals surface area contributed by atoms with Crippen LogP contribution in [-0.2, 0) is 13.6 Å². The molecule has 0 amide bonds. The smallest absolute Gasteiger partial charge is 0.161 e. The van der Waals surface area contributed by atoms with Gasteiger partial charge in [-0.2, -0.15) is 5.10 Å². The SMILES string of the molecule is CCCNCc1cn(C)nc1-c1ccc2c(c1)OCCCO2. The van der Waals surface area contributed by atoms with Gasteiger partial charge in [0.25, 0.3) is 0 Å². The van der Waals surface area contributed by atoms with E-state index in [9.17, 15) is 0 Å². The Labute approximate surface area is 131 Å². The highest BCUT2D eigenvalue weighted by atomic mass is 16.5. The van der Waals surface area contributed by atoms with Gasteiger partial charge in [-0.1, -0.05) is 6.92 Å². The summed E-state index contributed by atoms with van der Waals surface area (Å²) in [6.45, 7) is 5.41. The van der Waals surface area contributed by atoms with Crippen LogP contribution in [0.5, 0.6) is 11.5 Å². The largest absolute Gasteiger partial charge is 0.490 e. The van der Waals surface area contributed by atoms with E-state index in [1.165, 1.54) is 5.56 Å². The van der Waals surface area contributed by atoms with Crippen molar-refractivity contribution >= 4 is 0 Å². The minimum absolute atomic E-state index is 0.698.